The zero-order valence-corrected chi connectivity index (χ0v) is 17.5. The van der Waals surface area contributed by atoms with Crippen LogP contribution < -0.4 is 10.6 Å². The first-order valence-electron chi connectivity index (χ1n) is 9.19. The molecule has 5 heteroatoms. The first kappa shape index (κ1) is 23.5. The van der Waals surface area contributed by atoms with E-state index in [4.69, 9.17) is 11.6 Å². The Morgan fingerprint density at radius 3 is 2.29 bits per heavy atom. The molecule has 0 amide bonds. The minimum atomic E-state index is 0. The summed E-state index contributed by atoms with van der Waals surface area (Å²) < 4.78 is 0. The van der Waals surface area contributed by atoms with E-state index in [1.165, 1.54) is 5.92 Å². The molecule has 0 atom stereocenters. The zero-order valence-electron chi connectivity index (χ0n) is 15.6. The van der Waals surface area contributed by atoms with Gasteiger partial charge in [0, 0.05) is 35.4 Å². The Balaban J connectivity index is 0.000000408. The largest absolute Gasteiger partial charge is 2.00 e. The average Bonchev–Trinajstić information content (AvgIpc) is 3.41. The van der Waals surface area contributed by atoms with E-state index in [9.17, 15) is 0 Å². The van der Waals surface area contributed by atoms with E-state index >= 15 is 0 Å². The standard InChI is InChI=1S/C18H19ClN3.C5H5.Fe/c19-15-6-7-16-17(8-11-22-18(16)12-15)21-10-3-9-20-13-14-4-1-2-5-14;1-2-4-5-3-1;/h1-2,4-8,11-12,20H,3,9-10,13H2,(H,21,22);1-5H;/q;;+2. The van der Waals surface area contributed by atoms with Crippen molar-refractivity contribution in [2.24, 2.45) is 0 Å². The Hall–Kier alpha value is -0.801. The van der Waals surface area contributed by atoms with Crippen LogP contribution >= 0.6 is 11.6 Å². The Morgan fingerprint density at radius 2 is 1.57 bits per heavy atom. The average molecular weight is 434 g/mol. The van der Waals surface area contributed by atoms with Crippen LogP contribution in [0, 0.1) is 63.7 Å². The second-order valence-electron chi connectivity index (χ2n) is 6.23. The molecule has 0 spiro atoms. The van der Waals surface area contributed by atoms with Crippen molar-refractivity contribution in [3.63, 3.8) is 0 Å². The molecule has 10 radical (unpaired) electrons. The van der Waals surface area contributed by atoms with Crippen molar-refractivity contribution in [1.82, 2.24) is 10.3 Å². The number of nitrogens with one attached hydrogen (secondary N) is 2. The summed E-state index contributed by atoms with van der Waals surface area (Å²) in [6.45, 7) is 2.85. The summed E-state index contributed by atoms with van der Waals surface area (Å²) in [5.74, 6) is 1.34. The van der Waals surface area contributed by atoms with Gasteiger partial charge >= 0.3 is 17.1 Å². The van der Waals surface area contributed by atoms with Crippen molar-refractivity contribution >= 4 is 28.2 Å². The molecule has 0 saturated heterocycles. The predicted molar refractivity (Wildman–Crippen MR) is 115 cm³/mol. The number of rotatable bonds is 7. The fraction of sp³-hybridized carbons (Fsp3) is 0.174. The van der Waals surface area contributed by atoms with Crippen molar-refractivity contribution in [3.05, 3.63) is 99.2 Å². The van der Waals surface area contributed by atoms with E-state index in [1.54, 1.807) is 0 Å². The van der Waals surface area contributed by atoms with E-state index in [2.05, 4.69) is 41.3 Å². The molecule has 0 unspecified atom stereocenters. The van der Waals surface area contributed by atoms with Gasteiger partial charge in [0.05, 0.1) is 5.52 Å². The Kier molecular flexibility index (Phi) is 11.3. The van der Waals surface area contributed by atoms with Crippen LogP contribution in [0.5, 0.6) is 0 Å². The molecule has 1 aromatic carbocycles. The number of benzene rings is 1. The molecule has 2 N–H and O–H groups in total. The number of fused-ring (bicyclic) bond motifs is 1. The summed E-state index contributed by atoms with van der Waals surface area (Å²) >= 11 is 6.01. The van der Waals surface area contributed by atoms with Crippen LogP contribution in [0.4, 0.5) is 5.69 Å². The van der Waals surface area contributed by atoms with Crippen LogP contribution in [0.25, 0.3) is 10.9 Å². The molecular weight excluding hydrogens is 410 g/mol. The number of hydrogen-bond donors (Lipinski definition) is 2. The molecule has 0 aliphatic heterocycles. The van der Waals surface area contributed by atoms with Crippen LogP contribution in [0.15, 0.2) is 30.5 Å². The molecule has 28 heavy (non-hydrogen) atoms. The third-order valence-corrected chi connectivity index (χ3v) is 4.40. The second-order valence-corrected chi connectivity index (χ2v) is 6.67. The molecule has 4 rings (SSSR count). The smallest absolute Gasteiger partial charge is 0.384 e. The van der Waals surface area contributed by atoms with Crippen molar-refractivity contribution < 1.29 is 17.1 Å². The number of halogens is 1. The van der Waals surface area contributed by atoms with Gasteiger partial charge in [0.25, 0.3) is 0 Å². The Morgan fingerprint density at radius 1 is 0.857 bits per heavy atom. The zero-order chi connectivity index (χ0) is 18.7. The predicted octanol–water partition coefficient (Wildman–Crippen LogP) is 4.70. The van der Waals surface area contributed by atoms with Gasteiger partial charge in [-0.15, -0.1) is 0 Å². The fourth-order valence-corrected chi connectivity index (χ4v) is 2.96. The van der Waals surface area contributed by atoms with Gasteiger partial charge in [-0.1, -0.05) is 11.6 Å². The van der Waals surface area contributed by atoms with Crippen molar-refractivity contribution in [2.75, 3.05) is 25.0 Å². The van der Waals surface area contributed by atoms with Crippen LogP contribution in [0.3, 0.4) is 0 Å². The maximum absolute atomic E-state index is 6.01. The SMILES string of the molecule is Clc1ccc2c(NCCCNC[C]3[CH][CH][CH][CH]3)ccnc2c1.[CH]1[CH][CH][CH][CH]1.[Fe+2]. The van der Waals surface area contributed by atoms with Crippen molar-refractivity contribution in [2.45, 2.75) is 6.42 Å². The van der Waals surface area contributed by atoms with E-state index in [0.717, 1.165) is 42.6 Å². The molecule has 144 valence electrons. The maximum Gasteiger partial charge on any atom is 2.00 e. The van der Waals surface area contributed by atoms with Crippen molar-refractivity contribution in [3.8, 4) is 0 Å². The quantitative estimate of drug-likeness (QED) is 0.491. The van der Waals surface area contributed by atoms with E-state index in [-0.39, 0.29) is 17.1 Å². The molecule has 1 heterocycles. The minimum absolute atomic E-state index is 0. The van der Waals surface area contributed by atoms with Gasteiger partial charge in [0.1, 0.15) is 0 Å². The summed E-state index contributed by atoms with van der Waals surface area (Å²) in [6, 6.07) is 7.82. The first-order valence-corrected chi connectivity index (χ1v) is 9.57. The maximum atomic E-state index is 6.01. The van der Waals surface area contributed by atoms with Gasteiger partial charge in [-0.25, -0.2) is 0 Å². The molecule has 2 aromatic rings. The second kappa shape index (κ2) is 13.4. The number of hydrogen-bond acceptors (Lipinski definition) is 3. The van der Waals surface area contributed by atoms with Crippen LogP contribution in [-0.2, 0) is 17.1 Å². The van der Waals surface area contributed by atoms with E-state index in [1.807, 2.05) is 62.6 Å². The van der Waals surface area contributed by atoms with Gasteiger partial charge in [-0.2, -0.15) is 0 Å². The fourth-order valence-electron chi connectivity index (χ4n) is 2.80. The minimum Gasteiger partial charge on any atom is -0.384 e. The normalized spacial score (nSPS) is 16.5. The number of aromatic nitrogens is 1. The van der Waals surface area contributed by atoms with Crippen LogP contribution in [0.1, 0.15) is 6.42 Å². The van der Waals surface area contributed by atoms with E-state index in [0.29, 0.717) is 5.02 Å². The summed E-state index contributed by atoms with van der Waals surface area (Å²) in [6.07, 6.45) is 21.3. The Labute approximate surface area is 185 Å². The summed E-state index contributed by atoms with van der Waals surface area (Å²) in [7, 11) is 0. The van der Waals surface area contributed by atoms with Gasteiger partial charge in [-0.05, 0) is 101 Å². The summed E-state index contributed by atoms with van der Waals surface area (Å²) in [4.78, 5) is 4.35. The third kappa shape index (κ3) is 7.91. The number of pyridine rings is 1. The number of anilines is 1. The summed E-state index contributed by atoms with van der Waals surface area (Å²) in [5.41, 5.74) is 2.03. The molecule has 2 aliphatic carbocycles. The van der Waals surface area contributed by atoms with Crippen LogP contribution in [-0.4, -0.2) is 24.6 Å². The van der Waals surface area contributed by atoms with Crippen LogP contribution in [0.2, 0.25) is 5.02 Å². The molecule has 0 bridgehead atoms. The third-order valence-electron chi connectivity index (χ3n) is 4.17. The molecular formula is C23H24ClFeN3+2. The van der Waals surface area contributed by atoms with Gasteiger partial charge in [0.2, 0.25) is 0 Å². The van der Waals surface area contributed by atoms with Gasteiger partial charge < -0.3 is 10.6 Å². The first-order chi connectivity index (χ1) is 13.3. The molecule has 2 aliphatic rings. The van der Waals surface area contributed by atoms with Gasteiger partial charge in [0.15, 0.2) is 0 Å². The number of nitrogens with zero attached hydrogens (tertiary/aromatic N) is 1. The van der Waals surface area contributed by atoms with E-state index < -0.39 is 0 Å². The topological polar surface area (TPSA) is 37.0 Å². The molecule has 2 fully saturated rings. The summed E-state index contributed by atoms with van der Waals surface area (Å²) in [5, 5.41) is 8.75. The Bertz CT molecular complexity index is 677. The molecule has 2 saturated carbocycles. The monoisotopic (exact) mass is 433 g/mol. The molecule has 3 nitrogen and oxygen atoms in total. The van der Waals surface area contributed by atoms with Gasteiger partial charge in [-0.3, -0.25) is 4.98 Å². The van der Waals surface area contributed by atoms with Crippen molar-refractivity contribution in [1.29, 1.82) is 0 Å². The molecule has 1 aromatic heterocycles.